The summed E-state index contributed by atoms with van der Waals surface area (Å²) < 4.78 is 11.2. The fourth-order valence-electron chi connectivity index (χ4n) is 2.71. The van der Waals surface area contributed by atoms with Crippen molar-refractivity contribution in [3.63, 3.8) is 0 Å². The zero-order chi connectivity index (χ0) is 16.9. The third-order valence-electron chi connectivity index (χ3n) is 3.84. The number of rotatable bonds is 4. The van der Waals surface area contributed by atoms with E-state index in [1.165, 1.54) is 0 Å². The van der Waals surface area contributed by atoms with Crippen molar-refractivity contribution in [2.24, 2.45) is 5.92 Å². The summed E-state index contributed by atoms with van der Waals surface area (Å²) in [4.78, 5) is 18.2. The zero-order valence-electron chi connectivity index (χ0n) is 14.7. The molecule has 1 atom stereocenters. The van der Waals surface area contributed by atoms with Crippen LogP contribution in [0.1, 0.15) is 45.6 Å². The summed E-state index contributed by atoms with van der Waals surface area (Å²) in [5.41, 5.74) is 0.702. The molecule has 0 spiro atoms. The van der Waals surface area contributed by atoms with Gasteiger partial charge in [0.05, 0.1) is 6.61 Å². The number of nitrogens with zero attached hydrogens (tertiary/aromatic N) is 2. The van der Waals surface area contributed by atoms with Gasteiger partial charge in [0.2, 0.25) is 5.88 Å². The van der Waals surface area contributed by atoms with Gasteiger partial charge in [-0.15, -0.1) is 0 Å². The van der Waals surface area contributed by atoms with E-state index < -0.39 is 5.60 Å². The van der Waals surface area contributed by atoms with Gasteiger partial charge >= 0.3 is 6.09 Å². The molecule has 1 aromatic rings. The van der Waals surface area contributed by atoms with Crippen LogP contribution in [0.3, 0.4) is 0 Å². The van der Waals surface area contributed by atoms with Crippen molar-refractivity contribution in [2.75, 3.05) is 19.7 Å². The van der Waals surface area contributed by atoms with E-state index in [1.54, 1.807) is 6.20 Å². The van der Waals surface area contributed by atoms with Crippen LogP contribution in [-0.4, -0.2) is 41.3 Å². The lowest BCUT2D eigenvalue weighted by molar-refractivity contribution is 0.0154. The van der Waals surface area contributed by atoms with Crippen LogP contribution in [0.25, 0.3) is 0 Å². The molecule has 0 saturated carbocycles. The van der Waals surface area contributed by atoms with Gasteiger partial charge in [-0.1, -0.05) is 0 Å². The highest BCUT2D eigenvalue weighted by Crippen LogP contribution is 2.22. The number of aromatic nitrogens is 1. The number of hydrogen-bond donors (Lipinski definition) is 0. The second-order valence-electron chi connectivity index (χ2n) is 7.24. The fourth-order valence-corrected chi connectivity index (χ4v) is 2.71. The molecule has 0 bridgehead atoms. The molecule has 0 N–H and O–H groups in total. The van der Waals surface area contributed by atoms with Crippen molar-refractivity contribution >= 4 is 6.09 Å². The lowest BCUT2D eigenvalue weighted by Gasteiger charge is -2.34. The summed E-state index contributed by atoms with van der Waals surface area (Å²) in [6.45, 7) is 9.88. The van der Waals surface area contributed by atoms with Crippen LogP contribution in [0.15, 0.2) is 18.3 Å². The molecule has 1 aromatic heterocycles. The van der Waals surface area contributed by atoms with Crippen LogP contribution < -0.4 is 4.74 Å². The number of carbonyl (C=O) groups is 1. The highest BCUT2D eigenvalue weighted by Gasteiger charge is 2.27. The predicted octanol–water partition coefficient (Wildman–Crippen LogP) is 3.81. The van der Waals surface area contributed by atoms with Gasteiger partial charge in [0, 0.05) is 25.4 Å². The molecule has 23 heavy (non-hydrogen) atoms. The summed E-state index contributed by atoms with van der Waals surface area (Å²) in [5, 5.41) is 0. The molecule has 128 valence electrons. The number of hydrogen-bond acceptors (Lipinski definition) is 4. The Labute approximate surface area is 139 Å². The molecule has 0 radical (unpaired) electrons. The topological polar surface area (TPSA) is 51.7 Å². The third kappa shape index (κ3) is 6.08. The molecular formula is C18H28N2O3. The van der Waals surface area contributed by atoms with Crippen molar-refractivity contribution in [3.05, 3.63) is 23.9 Å². The van der Waals surface area contributed by atoms with Crippen LogP contribution in [0, 0.1) is 12.8 Å². The maximum Gasteiger partial charge on any atom is 0.410 e. The van der Waals surface area contributed by atoms with Gasteiger partial charge < -0.3 is 14.4 Å². The molecule has 0 unspecified atom stereocenters. The number of amides is 1. The summed E-state index contributed by atoms with van der Waals surface area (Å²) >= 11 is 0. The first-order chi connectivity index (χ1) is 10.8. The van der Waals surface area contributed by atoms with E-state index in [2.05, 4.69) is 4.98 Å². The maximum absolute atomic E-state index is 12.2. The van der Waals surface area contributed by atoms with Crippen molar-refractivity contribution in [1.82, 2.24) is 9.88 Å². The quantitative estimate of drug-likeness (QED) is 0.846. The Morgan fingerprint density at radius 2 is 2.22 bits per heavy atom. The van der Waals surface area contributed by atoms with E-state index in [9.17, 15) is 4.79 Å². The summed E-state index contributed by atoms with van der Waals surface area (Å²) in [7, 11) is 0. The average Bonchev–Trinajstić information content (AvgIpc) is 2.46. The van der Waals surface area contributed by atoms with Crippen molar-refractivity contribution < 1.29 is 14.3 Å². The van der Waals surface area contributed by atoms with Crippen LogP contribution >= 0.6 is 0 Å². The lowest BCUT2D eigenvalue weighted by Crippen LogP contribution is -2.43. The molecule has 1 amide bonds. The molecule has 2 heterocycles. The molecule has 1 fully saturated rings. The Bertz CT molecular complexity index is 525. The molecule has 5 heteroatoms. The van der Waals surface area contributed by atoms with Gasteiger partial charge in [-0.05, 0) is 64.5 Å². The Hall–Kier alpha value is -1.78. The fraction of sp³-hybridized carbons (Fsp3) is 0.667. The van der Waals surface area contributed by atoms with Gasteiger partial charge in [-0.2, -0.15) is 0 Å². The molecule has 0 aromatic carbocycles. The second-order valence-corrected chi connectivity index (χ2v) is 7.24. The van der Waals surface area contributed by atoms with Crippen molar-refractivity contribution in [3.8, 4) is 5.88 Å². The van der Waals surface area contributed by atoms with Gasteiger partial charge in [0.15, 0.2) is 0 Å². The molecular weight excluding hydrogens is 292 g/mol. The van der Waals surface area contributed by atoms with Gasteiger partial charge in [0.25, 0.3) is 0 Å². The minimum atomic E-state index is -0.440. The average molecular weight is 320 g/mol. The molecule has 1 aliphatic heterocycles. The molecule has 1 saturated heterocycles. The monoisotopic (exact) mass is 320 g/mol. The highest BCUT2D eigenvalue weighted by molar-refractivity contribution is 5.68. The van der Waals surface area contributed by atoms with Crippen molar-refractivity contribution in [1.29, 1.82) is 0 Å². The number of likely N-dealkylation sites (tertiary alicyclic amines) is 1. The Morgan fingerprint density at radius 1 is 1.43 bits per heavy atom. The van der Waals surface area contributed by atoms with E-state index in [4.69, 9.17) is 9.47 Å². The van der Waals surface area contributed by atoms with Gasteiger partial charge in [-0.25, -0.2) is 9.78 Å². The van der Waals surface area contributed by atoms with Crippen molar-refractivity contribution in [2.45, 2.75) is 52.6 Å². The summed E-state index contributed by atoms with van der Waals surface area (Å²) in [5.74, 6) is 1.13. The minimum Gasteiger partial charge on any atom is -0.478 e. The number of ether oxygens (including phenoxy) is 2. The largest absolute Gasteiger partial charge is 0.478 e. The van der Waals surface area contributed by atoms with Crippen LogP contribution in [0.4, 0.5) is 4.79 Å². The Morgan fingerprint density at radius 3 is 2.91 bits per heavy atom. The summed E-state index contributed by atoms with van der Waals surface area (Å²) in [6, 6.07) is 3.89. The van der Waals surface area contributed by atoms with Crippen LogP contribution in [0.2, 0.25) is 0 Å². The standard InChI is InChI=1S/C18H28N2O3/c1-14-7-9-19-16(12-14)22-11-8-15-6-5-10-20(13-15)17(21)23-18(2,3)4/h7,9,12,15H,5-6,8,10-11,13H2,1-4H3/t15-/m0/s1. The SMILES string of the molecule is Cc1ccnc(OCC[C@@H]2CCCN(C(=O)OC(C)(C)C)C2)c1. The second kappa shape index (κ2) is 7.66. The van der Waals surface area contributed by atoms with Gasteiger partial charge in [0.1, 0.15) is 5.60 Å². The zero-order valence-corrected chi connectivity index (χ0v) is 14.7. The maximum atomic E-state index is 12.2. The van der Waals surface area contributed by atoms with E-state index in [0.717, 1.165) is 37.9 Å². The van der Waals surface area contributed by atoms with E-state index >= 15 is 0 Å². The molecule has 5 nitrogen and oxygen atoms in total. The third-order valence-corrected chi connectivity index (χ3v) is 3.84. The first-order valence-corrected chi connectivity index (χ1v) is 8.37. The Kier molecular flexibility index (Phi) is 5.85. The number of pyridine rings is 1. The number of piperidine rings is 1. The highest BCUT2D eigenvalue weighted by atomic mass is 16.6. The van der Waals surface area contributed by atoms with E-state index in [-0.39, 0.29) is 6.09 Å². The predicted molar refractivity (Wildman–Crippen MR) is 89.6 cm³/mol. The first kappa shape index (κ1) is 17.6. The van der Waals surface area contributed by atoms with E-state index in [1.807, 2.05) is 44.7 Å². The number of carbonyl (C=O) groups excluding carboxylic acids is 1. The molecule has 1 aliphatic rings. The van der Waals surface area contributed by atoms with Crippen LogP contribution in [-0.2, 0) is 4.74 Å². The normalized spacial score (nSPS) is 18.6. The number of aryl methyl sites for hydroxylation is 1. The summed E-state index contributed by atoms with van der Waals surface area (Å²) in [6.07, 6.45) is 4.63. The van der Waals surface area contributed by atoms with Gasteiger partial charge in [-0.3, -0.25) is 0 Å². The Balaban J connectivity index is 1.76. The molecule has 0 aliphatic carbocycles. The first-order valence-electron chi connectivity index (χ1n) is 8.37. The van der Waals surface area contributed by atoms with E-state index in [0.29, 0.717) is 18.4 Å². The lowest BCUT2D eigenvalue weighted by atomic mass is 9.95. The van der Waals surface area contributed by atoms with Crippen LogP contribution in [0.5, 0.6) is 5.88 Å². The smallest absolute Gasteiger partial charge is 0.410 e. The minimum absolute atomic E-state index is 0.205. The molecule has 2 rings (SSSR count).